The van der Waals surface area contributed by atoms with E-state index in [1.165, 1.54) is 16.7 Å². The van der Waals surface area contributed by atoms with Crippen LogP contribution in [0.15, 0.2) is 18.2 Å². The number of carbonyl (C=O) groups is 1. The average molecular weight is 308 g/mol. The van der Waals surface area contributed by atoms with Crippen molar-refractivity contribution >= 4 is 22.6 Å². The summed E-state index contributed by atoms with van der Waals surface area (Å²) in [6.07, 6.45) is -2.98. The molecule has 0 radical (unpaired) electrons. The zero-order valence-electron chi connectivity index (χ0n) is 11.3. The molecule has 0 aliphatic heterocycles. The summed E-state index contributed by atoms with van der Waals surface area (Å²) >= 11 is 0. The molecule has 4 nitrogen and oxygen atoms in total. The summed E-state index contributed by atoms with van der Waals surface area (Å²) in [6, 6.07) is 3.90. The van der Waals surface area contributed by atoms with Crippen LogP contribution >= 0.6 is 0 Å². The van der Waals surface area contributed by atoms with E-state index in [4.69, 9.17) is 11.7 Å². The molecule has 114 valence electrons. The molecule has 0 atom stereocenters. The molecule has 1 aromatic carbocycles. The third-order valence-electron chi connectivity index (χ3n) is 3.79. The van der Waals surface area contributed by atoms with Crippen LogP contribution in [0.1, 0.15) is 30.0 Å². The van der Waals surface area contributed by atoms with Crippen molar-refractivity contribution in [3.05, 3.63) is 40.9 Å². The van der Waals surface area contributed by atoms with E-state index in [1.54, 1.807) is 0 Å². The first kappa shape index (κ1) is 14.4. The zero-order valence-corrected chi connectivity index (χ0v) is 11.3. The van der Waals surface area contributed by atoms with Crippen LogP contribution in [-0.4, -0.2) is 15.6 Å². The molecule has 1 aliphatic rings. The van der Waals surface area contributed by atoms with Gasteiger partial charge in [-0.3, -0.25) is 4.79 Å². The molecule has 2 aromatic rings. The number of rotatable bonds is 3. The van der Waals surface area contributed by atoms with Gasteiger partial charge in [-0.25, -0.2) is 4.85 Å². The molecule has 1 heterocycles. The molecule has 0 bridgehead atoms. The number of alkyl halides is 3. The average Bonchev–Trinajstić information content (AvgIpc) is 3.20. The number of hydrogen-bond donors (Lipinski definition) is 1. The van der Waals surface area contributed by atoms with Gasteiger partial charge in [0.15, 0.2) is 5.69 Å². The van der Waals surface area contributed by atoms with Gasteiger partial charge in [0.25, 0.3) is 0 Å². The molecule has 0 saturated heterocycles. The van der Waals surface area contributed by atoms with Crippen LogP contribution in [0.4, 0.5) is 18.9 Å². The summed E-state index contributed by atoms with van der Waals surface area (Å²) in [7, 11) is 0. The molecular weight excluding hydrogens is 297 g/mol. The maximum atomic E-state index is 13.3. The van der Waals surface area contributed by atoms with Crippen molar-refractivity contribution in [1.29, 1.82) is 0 Å². The van der Waals surface area contributed by atoms with Gasteiger partial charge < -0.3 is 9.67 Å². The molecule has 7 heteroatoms. The van der Waals surface area contributed by atoms with Crippen LogP contribution in [0.5, 0.6) is 0 Å². The summed E-state index contributed by atoms with van der Waals surface area (Å²) in [4.78, 5) is 14.0. The van der Waals surface area contributed by atoms with E-state index < -0.39 is 23.4 Å². The molecule has 22 heavy (non-hydrogen) atoms. The van der Waals surface area contributed by atoms with Gasteiger partial charge >= 0.3 is 12.1 Å². The predicted octanol–water partition coefficient (Wildman–Crippen LogP) is 4.17. The number of nitrogens with zero attached hydrogens (tertiary/aromatic N) is 2. The van der Waals surface area contributed by atoms with Gasteiger partial charge in [-0.15, -0.1) is 0 Å². The standard InChI is InChI=1S/C15H11F3N2O2/c1-19-10-4-5-11-9(14(10)15(16,17)18)6-12(8-2-3-8)20(11)7-13(21)22/h4-6,8H,2-3,7H2,(H,21,22). The van der Waals surface area contributed by atoms with Crippen molar-refractivity contribution in [3.63, 3.8) is 0 Å². The van der Waals surface area contributed by atoms with Gasteiger partial charge in [-0.05, 0) is 30.9 Å². The first-order valence-electron chi connectivity index (χ1n) is 6.65. The number of hydrogen-bond acceptors (Lipinski definition) is 1. The first-order chi connectivity index (χ1) is 10.3. The molecular formula is C15H11F3N2O2. The Kier molecular flexibility index (Phi) is 3.13. The van der Waals surface area contributed by atoms with Gasteiger partial charge in [0.2, 0.25) is 0 Å². The highest BCUT2D eigenvalue weighted by molar-refractivity contribution is 5.91. The Bertz CT molecular complexity index is 811. The fraction of sp³-hybridized carbons (Fsp3) is 0.333. The Hall–Kier alpha value is -2.49. The fourth-order valence-electron chi connectivity index (χ4n) is 2.76. The monoisotopic (exact) mass is 308 g/mol. The molecule has 1 aromatic heterocycles. The Labute approximate surface area is 123 Å². The zero-order chi connectivity index (χ0) is 16.1. The highest BCUT2D eigenvalue weighted by Crippen LogP contribution is 2.46. The van der Waals surface area contributed by atoms with Gasteiger partial charge in [0.1, 0.15) is 6.54 Å². The lowest BCUT2D eigenvalue weighted by Crippen LogP contribution is -2.11. The Morgan fingerprint density at radius 2 is 2.09 bits per heavy atom. The van der Waals surface area contributed by atoms with E-state index in [0.29, 0.717) is 5.69 Å². The minimum Gasteiger partial charge on any atom is -0.480 e. The van der Waals surface area contributed by atoms with Crippen molar-refractivity contribution in [1.82, 2.24) is 4.57 Å². The van der Waals surface area contributed by atoms with Gasteiger partial charge in [-0.1, -0.05) is 6.07 Å². The second-order valence-electron chi connectivity index (χ2n) is 5.33. The van der Waals surface area contributed by atoms with Crippen molar-refractivity contribution in [2.75, 3.05) is 0 Å². The second kappa shape index (κ2) is 4.77. The Balaban J connectivity index is 2.34. The van der Waals surface area contributed by atoms with E-state index in [-0.39, 0.29) is 23.4 Å². The van der Waals surface area contributed by atoms with Crippen LogP contribution in [0.3, 0.4) is 0 Å². The molecule has 1 N–H and O–H groups in total. The van der Waals surface area contributed by atoms with Crippen LogP contribution < -0.4 is 0 Å². The van der Waals surface area contributed by atoms with Gasteiger partial charge in [0.05, 0.1) is 12.1 Å². The molecule has 0 spiro atoms. The number of aliphatic carboxylic acids is 1. The molecule has 3 rings (SSSR count). The van der Waals surface area contributed by atoms with Crippen molar-refractivity contribution in [2.45, 2.75) is 31.5 Å². The number of carboxylic acid groups (broad SMARTS) is 1. The summed E-state index contributed by atoms with van der Waals surface area (Å²) in [6.45, 7) is 6.55. The SMILES string of the molecule is [C-]#[N+]c1ccc2c(cc(C3CC3)n2CC(=O)O)c1C(F)(F)F. The molecule has 1 aliphatic carbocycles. The van der Waals surface area contributed by atoms with Crippen LogP contribution in [0.25, 0.3) is 15.7 Å². The van der Waals surface area contributed by atoms with Crippen molar-refractivity contribution in [2.24, 2.45) is 0 Å². The van der Waals surface area contributed by atoms with Crippen molar-refractivity contribution < 1.29 is 23.1 Å². The van der Waals surface area contributed by atoms with Gasteiger partial charge in [0, 0.05) is 16.6 Å². The maximum absolute atomic E-state index is 13.3. The molecule has 1 saturated carbocycles. The number of aromatic nitrogens is 1. The highest BCUT2D eigenvalue weighted by atomic mass is 19.4. The predicted molar refractivity (Wildman–Crippen MR) is 72.8 cm³/mol. The smallest absolute Gasteiger partial charge is 0.408 e. The topological polar surface area (TPSA) is 46.6 Å². The summed E-state index contributed by atoms with van der Waals surface area (Å²) in [5, 5.41) is 8.92. The molecule has 0 unspecified atom stereocenters. The molecule has 0 amide bonds. The van der Waals surface area contributed by atoms with E-state index in [1.807, 2.05) is 0 Å². The fourth-order valence-corrected chi connectivity index (χ4v) is 2.76. The quantitative estimate of drug-likeness (QED) is 0.865. The number of fused-ring (bicyclic) bond motifs is 1. The molecule has 1 fully saturated rings. The van der Waals surface area contributed by atoms with E-state index in [0.717, 1.165) is 18.9 Å². The van der Waals surface area contributed by atoms with Crippen LogP contribution in [0.2, 0.25) is 0 Å². The minimum atomic E-state index is -4.66. The minimum absolute atomic E-state index is 0.0934. The summed E-state index contributed by atoms with van der Waals surface area (Å²) in [5.41, 5.74) is -0.630. The van der Waals surface area contributed by atoms with Crippen LogP contribution in [0, 0.1) is 6.57 Å². The maximum Gasteiger partial charge on any atom is 0.408 e. The Morgan fingerprint density at radius 1 is 1.41 bits per heavy atom. The Morgan fingerprint density at radius 3 is 2.59 bits per heavy atom. The lowest BCUT2D eigenvalue weighted by molar-refractivity contribution is -0.137. The third-order valence-corrected chi connectivity index (χ3v) is 3.79. The lowest BCUT2D eigenvalue weighted by atomic mass is 10.1. The van der Waals surface area contributed by atoms with Crippen molar-refractivity contribution in [3.8, 4) is 0 Å². The number of benzene rings is 1. The first-order valence-corrected chi connectivity index (χ1v) is 6.65. The van der Waals surface area contributed by atoms with E-state index >= 15 is 0 Å². The van der Waals surface area contributed by atoms with Gasteiger partial charge in [-0.2, -0.15) is 13.2 Å². The normalized spacial score (nSPS) is 15.0. The third kappa shape index (κ3) is 2.30. The number of carboxylic acids is 1. The largest absolute Gasteiger partial charge is 0.480 e. The van der Waals surface area contributed by atoms with Crippen LogP contribution in [-0.2, 0) is 17.5 Å². The second-order valence-corrected chi connectivity index (χ2v) is 5.33. The lowest BCUT2D eigenvalue weighted by Gasteiger charge is -2.11. The highest BCUT2D eigenvalue weighted by Gasteiger charge is 2.37. The number of halogens is 3. The van der Waals surface area contributed by atoms with E-state index in [2.05, 4.69) is 4.85 Å². The summed E-state index contributed by atoms with van der Waals surface area (Å²) < 4.78 is 41.4. The summed E-state index contributed by atoms with van der Waals surface area (Å²) in [5.74, 6) is -1.01. The van der Waals surface area contributed by atoms with E-state index in [9.17, 15) is 18.0 Å².